The van der Waals surface area contributed by atoms with E-state index in [1.165, 1.54) is 38.0 Å². The first-order valence-corrected chi connectivity index (χ1v) is 15.9. The molecule has 5 fully saturated rings. The van der Waals surface area contributed by atoms with E-state index in [9.17, 15) is 44.3 Å². The molecule has 0 aromatic heterocycles. The average molecular weight is 590 g/mol. The Balaban J connectivity index is 1.34. The van der Waals surface area contributed by atoms with Crippen molar-refractivity contribution in [3.8, 4) is 0 Å². The molecular formula is C26H44N3O10P. The Morgan fingerprint density at radius 1 is 1.05 bits per heavy atom. The van der Waals surface area contributed by atoms with Crippen LogP contribution in [0.1, 0.15) is 58.8 Å². The van der Waals surface area contributed by atoms with Gasteiger partial charge in [-0.3, -0.25) is 19.1 Å². The third-order valence-electron chi connectivity index (χ3n) is 9.52. The van der Waals surface area contributed by atoms with Gasteiger partial charge in [0.25, 0.3) is 0 Å². The molecule has 6 atom stereocenters. The lowest BCUT2D eigenvalue weighted by Gasteiger charge is -2.56. The summed E-state index contributed by atoms with van der Waals surface area (Å²) >= 11 is 0. The number of nitrogens with one attached hydrogen (secondary N) is 2. The quantitative estimate of drug-likeness (QED) is 0.138. The summed E-state index contributed by atoms with van der Waals surface area (Å²) < 4.78 is 18.1. The molecule has 1 heterocycles. The molecule has 4 bridgehead atoms. The summed E-state index contributed by atoms with van der Waals surface area (Å²) in [6, 6.07) is -1.77. The second kappa shape index (κ2) is 11.9. The average Bonchev–Trinajstić information content (AvgIpc) is 3.07. The van der Waals surface area contributed by atoms with E-state index >= 15 is 0 Å². The van der Waals surface area contributed by atoms with E-state index < -0.39 is 68.7 Å². The molecule has 5 aliphatic rings. The zero-order chi connectivity index (χ0) is 29.5. The number of aliphatic carboxylic acids is 1. The molecule has 1 aliphatic heterocycles. The number of rotatable bonds is 13. The molecule has 14 heteroatoms. The number of aliphatic hydroxyl groups is 3. The SMILES string of the molecule is CC(=O)NC[C@@H]1[C@@H](O)[C@H](O)[C@@H](CO)N1CCP(=O)(O)OCC(C)(NC(=O)CC12CC3CC(CC(C3)C1)C2)C(=O)O. The van der Waals surface area contributed by atoms with Gasteiger partial charge in [-0.1, -0.05) is 0 Å². The van der Waals surface area contributed by atoms with E-state index in [1.807, 2.05) is 0 Å². The molecule has 228 valence electrons. The number of nitrogens with zero attached hydrogens (tertiary/aromatic N) is 1. The van der Waals surface area contributed by atoms with Crippen molar-refractivity contribution < 1.29 is 48.8 Å². The number of carboxylic acids is 1. The maximum absolute atomic E-state index is 13.1. The van der Waals surface area contributed by atoms with Crippen LogP contribution in [0.25, 0.3) is 0 Å². The number of hydrogen-bond acceptors (Lipinski definition) is 9. The van der Waals surface area contributed by atoms with E-state index in [2.05, 4.69) is 10.6 Å². The van der Waals surface area contributed by atoms with Crippen molar-refractivity contribution in [2.75, 3.05) is 32.5 Å². The second-order valence-corrected chi connectivity index (χ2v) is 14.9. The van der Waals surface area contributed by atoms with Gasteiger partial charge in [0.2, 0.25) is 11.8 Å². The topological polar surface area (TPSA) is 206 Å². The van der Waals surface area contributed by atoms with Crippen molar-refractivity contribution in [3.63, 3.8) is 0 Å². The third-order valence-corrected chi connectivity index (χ3v) is 10.8. The maximum Gasteiger partial charge on any atom is 0.331 e. The van der Waals surface area contributed by atoms with Crippen LogP contribution in [-0.4, -0.2) is 110 Å². The maximum atomic E-state index is 13.1. The minimum absolute atomic E-state index is 0.0620. The van der Waals surface area contributed by atoms with Crippen molar-refractivity contribution in [1.82, 2.24) is 15.5 Å². The lowest BCUT2D eigenvalue weighted by atomic mass is 9.49. The monoisotopic (exact) mass is 589 g/mol. The molecule has 13 nitrogen and oxygen atoms in total. The summed E-state index contributed by atoms with van der Waals surface area (Å²) in [4.78, 5) is 48.5. The number of likely N-dealkylation sites (tertiary alicyclic amines) is 1. The Morgan fingerprint density at radius 2 is 1.60 bits per heavy atom. The van der Waals surface area contributed by atoms with Crippen LogP contribution in [0.2, 0.25) is 0 Å². The zero-order valence-electron chi connectivity index (χ0n) is 23.2. The Labute approximate surface area is 234 Å². The molecule has 2 amide bonds. The van der Waals surface area contributed by atoms with Crippen molar-refractivity contribution in [2.24, 2.45) is 23.2 Å². The van der Waals surface area contributed by atoms with Gasteiger partial charge in [0.1, 0.15) is 0 Å². The fourth-order valence-electron chi connectivity index (χ4n) is 8.01. The smallest absolute Gasteiger partial charge is 0.331 e. The number of carbonyl (C=O) groups excluding carboxylic acids is 2. The summed E-state index contributed by atoms with van der Waals surface area (Å²) in [6.07, 6.45) is 3.67. The van der Waals surface area contributed by atoms with Crippen LogP contribution in [0.15, 0.2) is 0 Å². The van der Waals surface area contributed by atoms with Crippen LogP contribution in [0.3, 0.4) is 0 Å². The lowest BCUT2D eigenvalue weighted by Crippen LogP contribution is -2.57. The molecule has 2 unspecified atom stereocenters. The van der Waals surface area contributed by atoms with Gasteiger partial charge in [-0.2, -0.15) is 0 Å². The van der Waals surface area contributed by atoms with Crippen LogP contribution >= 0.6 is 7.60 Å². The molecule has 4 saturated carbocycles. The molecular weight excluding hydrogens is 545 g/mol. The lowest BCUT2D eigenvalue weighted by molar-refractivity contribution is -0.149. The van der Waals surface area contributed by atoms with Crippen LogP contribution < -0.4 is 10.6 Å². The minimum atomic E-state index is -4.41. The van der Waals surface area contributed by atoms with Gasteiger partial charge in [0, 0.05) is 26.4 Å². The number of aliphatic hydroxyl groups excluding tert-OH is 3. The van der Waals surface area contributed by atoms with Crippen molar-refractivity contribution in [1.29, 1.82) is 0 Å². The zero-order valence-corrected chi connectivity index (χ0v) is 24.1. The van der Waals surface area contributed by atoms with E-state index in [0.717, 1.165) is 19.3 Å². The van der Waals surface area contributed by atoms with Crippen LogP contribution in [-0.2, 0) is 23.5 Å². The number of carbonyl (C=O) groups is 3. The highest BCUT2D eigenvalue weighted by molar-refractivity contribution is 7.52. The van der Waals surface area contributed by atoms with E-state index in [1.54, 1.807) is 0 Å². The molecule has 0 spiro atoms. The van der Waals surface area contributed by atoms with Gasteiger partial charge in [-0.15, -0.1) is 0 Å². The van der Waals surface area contributed by atoms with Crippen molar-refractivity contribution in [3.05, 3.63) is 0 Å². The Kier molecular flexibility index (Phi) is 9.36. The summed E-state index contributed by atoms with van der Waals surface area (Å²) in [5.74, 6) is -0.273. The molecule has 40 heavy (non-hydrogen) atoms. The summed E-state index contributed by atoms with van der Waals surface area (Å²) in [5.41, 5.74) is -2.04. The number of amides is 2. The van der Waals surface area contributed by atoms with Crippen LogP contribution in [0.4, 0.5) is 0 Å². The Bertz CT molecular complexity index is 991. The first-order valence-electron chi connectivity index (χ1n) is 14.1. The summed E-state index contributed by atoms with van der Waals surface area (Å²) in [7, 11) is -4.41. The highest BCUT2D eigenvalue weighted by Gasteiger charge is 2.52. The van der Waals surface area contributed by atoms with E-state index in [4.69, 9.17) is 4.52 Å². The molecule has 5 rings (SSSR count). The van der Waals surface area contributed by atoms with Gasteiger partial charge in [0.15, 0.2) is 5.54 Å². The molecule has 0 radical (unpaired) electrons. The molecule has 4 aliphatic carbocycles. The fourth-order valence-corrected chi connectivity index (χ4v) is 9.08. The van der Waals surface area contributed by atoms with Gasteiger partial charge in [-0.25, -0.2) is 4.79 Å². The molecule has 0 aromatic rings. The number of carboxylic acid groups (broad SMARTS) is 1. The molecule has 0 aromatic carbocycles. The molecule has 1 saturated heterocycles. The van der Waals surface area contributed by atoms with Gasteiger partial charge in [0.05, 0.1) is 43.7 Å². The third kappa shape index (κ3) is 6.88. The van der Waals surface area contributed by atoms with Crippen LogP contribution in [0, 0.1) is 23.2 Å². The summed E-state index contributed by atoms with van der Waals surface area (Å²) in [6.45, 7) is 0.978. The van der Waals surface area contributed by atoms with Gasteiger partial charge < -0.3 is 40.5 Å². The Morgan fingerprint density at radius 3 is 2.10 bits per heavy atom. The Hall–Kier alpha value is -1.60. The minimum Gasteiger partial charge on any atom is -0.479 e. The van der Waals surface area contributed by atoms with Crippen molar-refractivity contribution >= 4 is 25.4 Å². The summed E-state index contributed by atoms with van der Waals surface area (Å²) in [5, 5.41) is 45.4. The fraction of sp³-hybridized carbons (Fsp3) is 0.885. The van der Waals surface area contributed by atoms with Crippen molar-refractivity contribution in [2.45, 2.75) is 88.6 Å². The van der Waals surface area contributed by atoms with Crippen LogP contribution in [0.5, 0.6) is 0 Å². The van der Waals surface area contributed by atoms with Gasteiger partial charge >= 0.3 is 13.6 Å². The van der Waals surface area contributed by atoms with Gasteiger partial charge in [-0.05, 0) is 68.6 Å². The normalized spacial score (nSPS) is 38.0. The molecule has 7 N–H and O–H groups in total. The predicted octanol–water partition coefficient (Wildman–Crippen LogP) is -0.343. The first-order chi connectivity index (χ1) is 18.7. The highest BCUT2D eigenvalue weighted by atomic mass is 31.2. The largest absolute Gasteiger partial charge is 0.479 e. The predicted molar refractivity (Wildman–Crippen MR) is 142 cm³/mol. The first kappa shape index (κ1) is 31.3. The van der Waals surface area contributed by atoms with E-state index in [-0.39, 0.29) is 30.8 Å². The highest BCUT2D eigenvalue weighted by Crippen LogP contribution is 2.61. The number of hydrogen-bond donors (Lipinski definition) is 7. The standard InChI is InChI=1S/C26H44N3O10P/c1-15(31)27-12-19-22(33)23(34)20(13-30)29(19)3-4-40(37,38)39-14-25(2,24(35)36)28-21(32)11-26-8-16-5-17(9-26)7-18(6-16)10-26/h16-20,22-23,30,33-34H,3-14H2,1-2H3,(H,27,31)(H,28,32)(H,35,36)(H,37,38)/t16?,17?,18?,19-,20-,22-,23-,25?,26?/m1/s1. The van der Waals surface area contributed by atoms with E-state index in [0.29, 0.717) is 17.8 Å². The second-order valence-electron chi connectivity index (χ2n) is 12.9.